The number of aromatic nitrogens is 1. The minimum absolute atomic E-state index is 0.120. The highest BCUT2D eigenvalue weighted by molar-refractivity contribution is 7.98. The highest BCUT2D eigenvalue weighted by Crippen LogP contribution is 2.39. The zero-order valence-corrected chi connectivity index (χ0v) is 17.5. The molecule has 24 heavy (non-hydrogen) atoms. The SMILES string of the molecule is CSCOC1CC(c2cc(CO[Si](C)(C)C(C)(C)C)c(F)cn2)C1. The lowest BCUT2D eigenvalue weighted by Gasteiger charge is -2.36. The average Bonchev–Trinajstić information content (AvgIpc) is 2.44. The Kier molecular flexibility index (Phi) is 6.50. The van der Waals surface area contributed by atoms with E-state index in [0.717, 1.165) is 24.5 Å². The fourth-order valence-corrected chi connectivity index (χ4v) is 3.69. The van der Waals surface area contributed by atoms with E-state index in [1.54, 1.807) is 11.8 Å². The van der Waals surface area contributed by atoms with Crippen molar-refractivity contribution in [3.8, 4) is 0 Å². The van der Waals surface area contributed by atoms with Gasteiger partial charge in [-0.1, -0.05) is 20.8 Å². The van der Waals surface area contributed by atoms with Gasteiger partial charge in [-0.2, -0.15) is 0 Å². The second-order valence-electron chi connectivity index (χ2n) is 8.11. The summed E-state index contributed by atoms with van der Waals surface area (Å²) in [6.45, 7) is 11.3. The summed E-state index contributed by atoms with van der Waals surface area (Å²) < 4.78 is 26.0. The summed E-state index contributed by atoms with van der Waals surface area (Å²) >= 11 is 1.69. The van der Waals surface area contributed by atoms with Crippen LogP contribution in [-0.2, 0) is 15.8 Å². The van der Waals surface area contributed by atoms with Crippen LogP contribution in [0.1, 0.15) is 50.8 Å². The van der Waals surface area contributed by atoms with Crippen LogP contribution in [0.15, 0.2) is 12.3 Å². The van der Waals surface area contributed by atoms with Crippen molar-refractivity contribution in [1.29, 1.82) is 0 Å². The first-order valence-corrected chi connectivity index (χ1v) is 12.8. The number of hydrogen-bond donors (Lipinski definition) is 0. The zero-order chi connectivity index (χ0) is 18.0. The molecule has 1 heterocycles. The molecule has 0 aromatic carbocycles. The van der Waals surface area contributed by atoms with Gasteiger partial charge in [0.1, 0.15) is 5.82 Å². The summed E-state index contributed by atoms with van der Waals surface area (Å²) in [6, 6.07) is 1.89. The molecule has 1 aromatic rings. The standard InChI is InChI=1S/C18H30FNO2SSi/c1-18(2,3)24(5,6)22-11-14-9-17(20-10-16(14)19)13-7-15(8-13)21-12-23-4/h9-10,13,15H,7-8,11-12H2,1-6H3. The maximum absolute atomic E-state index is 14.1. The molecule has 0 N–H and O–H groups in total. The fourth-order valence-electron chi connectivity index (χ4n) is 2.41. The van der Waals surface area contributed by atoms with Crippen LogP contribution < -0.4 is 0 Å². The maximum Gasteiger partial charge on any atom is 0.192 e. The molecule has 0 spiro atoms. The van der Waals surface area contributed by atoms with Gasteiger partial charge in [0.2, 0.25) is 0 Å². The second kappa shape index (κ2) is 7.85. The highest BCUT2D eigenvalue weighted by atomic mass is 32.2. The Balaban J connectivity index is 1.97. The number of ether oxygens (including phenoxy) is 1. The third-order valence-corrected chi connectivity index (χ3v) is 10.1. The Bertz CT molecular complexity index is 556. The number of nitrogens with zero attached hydrogens (tertiary/aromatic N) is 1. The van der Waals surface area contributed by atoms with Crippen molar-refractivity contribution in [2.24, 2.45) is 0 Å². The van der Waals surface area contributed by atoms with Crippen LogP contribution in [0.5, 0.6) is 0 Å². The average molecular weight is 372 g/mol. The van der Waals surface area contributed by atoms with Crippen molar-refractivity contribution >= 4 is 20.1 Å². The van der Waals surface area contributed by atoms with Crippen molar-refractivity contribution in [2.75, 3.05) is 12.2 Å². The molecule has 0 saturated heterocycles. The third kappa shape index (κ3) is 4.81. The molecule has 1 fully saturated rings. The van der Waals surface area contributed by atoms with Gasteiger partial charge in [0.05, 0.1) is 24.8 Å². The second-order valence-corrected chi connectivity index (χ2v) is 13.7. The Morgan fingerprint density at radius 2 is 2.00 bits per heavy atom. The molecule has 1 saturated carbocycles. The van der Waals surface area contributed by atoms with Crippen molar-refractivity contribution in [2.45, 2.75) is 70.4 Å². The molecule has 0 unspecified atom stereocenters. The quantitative estimate of drug-likeness (QED) is 0.479. The van der Waals surface area contributed by atoms with Crippen LogP contribution in [0.25, 0.3) is 0 Å². The summed E-state index contributed by atoms with van der Waals surface area (Å²) in [7, 11) is -1.88. The van der Waals surface area contributed by atoms with Gasteiger partial charge in [-0.25, -0.2) is 4.39 Å². The number of thioether (sulfide) groups is 1. The fraction of sp³-hybridized carbons (Fsp3) is 0.722. The van der Waals surface area contributed by atoms with Gasteiger partial charge in [-0.15, -0.1) is 11.8 Å². The first-order chi connectivity index (χ1) is 11.1. The molecule has 1 aliphatic carbocycles. The highest BCUT2D eigenvalue weighted by Gasteiger charge is 2.37. The number of halogens is 1. The van der Waals surface area contributed by atoms with Crippen molar-refractivity contribution < 1.29 is 13.6 Å². The van der Waals surface area contributed by atoms with E-state index in [1.807, 2.05) is 12.3 Å². The van der Waals surface area contributed by atoms with Crippen LogP contribution >= 0.6 is 11.8 Å². The summed E-state index contributed by atoms with van der Waals surface area (Å²) in [5.41, 5.74) is 1.59. The van der Waals surface area contributed by atoms with E-state index in [-0.39, 0.29) is 10.9 Å². The van der Waals surface area contributed by atoms with Gasteiger partial charge in [0, 0.05) is 17.2 Å². The van der Waals surface area contributed by atoms with E-state index in [1.165, 1.54) is 6.20 Å². The first-order valence-electron chi connectivity index (χ1n) is 8.53. The summed E-state index contributed by atoms with van der Waals surface area (Å²) in [5.74, 6) is 0.843. The van der Waals surface area contributed by atoms with Crippen LogP contribution in [0.3, 0.4) is 0 Å². The predicted octanol–water partition coefficient (Wildman–Crippen LogP) is 5.33. The van der Waals surface area contributed by atoms with Gasteiger partial charge in [-0.05, 0) is 43.3 Å². The molecule has 0 atom stereocenters. The minimum atomic E-state index is -1.88. The maximum atomic E-state index is 14.1. The number of pyridine rings is 1. The van der Waals surface area contributed by atoms with E-state index in [0.29, 0.717) is 24.2 Å². The smallest absolute Gasteiger partial charge is 0.192 e. The van der Waals surface area contributed by atoms with Crippen LogP contribution in [-0.4, -0.2) is 31.6 Å². The lowest BCUT2D eigenvalue weighted by atomic mass is 9.79. The first kappa shape index (κ1) is 19.9. The van der Waals surface area contributed by atoms with E-state index in [9.17, 15) is 4.39 Å². The number of hydrogen-bond acceptors (Lipinski definition) is 4. The third-order valence-electron chi connectivity index (χ3n) is 5.29. The molecule has 136 valence electrons. The van der Waals surface area contributed by atoms with Crippen LogP contribution in [0.2, 0.25) is 18.1 Å². The van der Waals surface area contributed by atoms with Crippen LogP contribution in [0, 0.1) is 5.82 Å². The molecule has 0 aliphatic heterocycles. The van der Waals surface area contributed by atoms with Gasteiger partial charge in [-0.3, -0.25) is 4.98 Å². The molecule has 1 aromatic heterocycles. The molecule has 1 aliphatic rings. The van der Waals surface area contributed by atoms with Crippen molar-refractivity contribution in [3.05, 3.63) is 29.3 Å². The molecular weight excluding hydrogens is 341 g/mol. The molecule has 2 rings (SSSR count). The Hall–Kier alpha value is -0.433. The molecule has 0 bridgehead atoms. The topological polar surface area (TPSA) is 31.4 Å². The lowest BCUT2D eigenvalue weighted by molar-refractivity contribution is 0.0157. The van der Waals surface area contributed by atoms with E-state index >= 15 is 0 Å². The largest absolute Gasteiger partial charge is 0.412 e. The Morgan fingerprint density at radius 3 is 2.58 bits per heavy atom. The van der Waals surface area contributed by atoms with Gasteiger partial charge < -0.3 is 9.16 Å². The molecule has 0 radical (unpaired) electrons. The Morgan fingerprint density at radius 1 is 1.33 bits per heavy atom. The summed E-state index contributed by atoms with van der Waals surface area (Å²) in [4.78, 5) is 4.29. The Labute approximate surface area is 150 Å². The molecule has 3 nitrogen and oxygen atoms in total. The van der Waals surface area contributed by atoms with Crippen molar-refractivity contribution in [1.82, 2.24) is 4.98 Å². The van der Waals surface area contributed by atoms with E-state index in [4.69, 9.17) is 9.16 Å². The monoisotopic (exact) mass is 371 g/mol. The normalized spacial score (nSPS) is 21.6. The molecular formula is C18H30FNO2SSi. The van der Waals surface area contributed by atoms with E-state index in [2.05, 4.69) is 38.8 Å². The molecule has 0 amide bonds. The zero-order valence-electron chi connectivity index (χ0n) is 15.7. The van der Waals surface area contributed by atoms with Gasteiger partial charge >= 0.3 is 0 Å². The van der Waals surface area contributed by atoms with E-state index < -0.39 is 8.32 Å². The lowest BCUT2D eigenvalue weighted by Crippen LogP contribution is -2.40. The van der Waals surface area contributed by atoms with Gasteiger partial charge in [0.15, 0.2) is 8.32 Å². The minimum Gasteiger partial charge on any atom is -0.412 e. The van der Waals surface area contributed by atoms with Gasteiger partial charge in [0.25, 0.3) is 0 Å². The summed E-state index contributed by atoms with van der Waals surface area (Å²) in [5, 5.41) is 0.120. The predicted molar refractivity (Wildman–Crippen MR) is 101 cm³/mol. The molecule has 6 heteroatoms. The van der Waals surface area contributed by atoms with Crippen LogP contribution in [0.4, 0.5) is 4.39 Å². The van der Waals surface area contributed by atoms with Crippen molar-refractivity contribution in [3.63, 3.8) is 0 Å². The summed E-state index contributed by atoms with van der Waals surface area (Å²) in [6.07, 6.45) is 5.65. The number of rotatable bonds is 7.